The molecule has 1 heterocycles. The second-order valence-corrected chi connectivity index (χ2v) is 8.61. The molecule has 1 aliphatic heterocycles. The van der Waals surface area contributed by atoms with Crippen molar-refractivity contribution in [2.45, 2.75) is 33.2 Å². The molecule has 0 radical (unpaired) electrons. The molecule has 0 aliphatic carbocycles. The summed E-state index contributed by atoms with van der Waals surface area (Å²) in [4.78, 5) is 28.2. The number of aliphatic hydroxyl groups is 1. The number of hydrogen-bond donors (Lipinski definition) is 1. The summed E-state index contributed by atoms with van der Waals surface area (Å²) in [7, 11) is 1.57. The summed E-state index contributed by atoms with van der Waals surface area (Å²) in [5, 5.41) is 11.3. The molecule has 3 aromatic carbocycles. The number of amides is 1. The fraction of sp³-hybridized carbons (Fsp3) is 0.241. The van der Waals surface area contributed by atoms with Gasteiger partial charge in [0.15, 0.2) is 0 Å². The number of carbonyl (C=O) groups is 2. The summed E-state index contributed by atoms with van der Waals surface area (Å²) >= 11 is 0. The lowest BCUT2D eigenvalue weighted by molar-refractivity contribution is -0.132. The minimum Gasteiger partial charge on any atom is -0.507 e. The summed E-state index contributed by atoms with van der Waals surface area (Å²) < 4.78 is 10.9. The van der Waals surface area contributed by atoms with Gasteiger partial charge in [-0.2, -0.15) is 0 Å². The van der Waals surface area contributed by atoms with Crippen LogP contribution in [-0.2, 0) is 9.59 Å². The van der Waals surface area contributed by atoms with E-state index >= 15 is 0 Å². The second-order valence-electron chi connectivity index (χ2n) is 8.61. The number of benzene rings is 3. The Kier molecular flexibility index (Phi) is 6.92. The van der Waals surface area contributed by atoms with Gasteiger partial charge in [-0.1, -0.05) is 31.2 Å². The van der Waals surface area contributed by atoms with E-state index in [2.05, 4.69) is 0 Å². The highest BCUT2D eigenvalue weighted by Gasteiger charge is 2.47. The number of anilines is 1. The summed E-state index contributed by atoms with van der Waals surface area (Å²) in [6, 6.07) is 19.0. The molecule has 4 rings (SSSR count). The molecule has 0 bridgehead atoms. The standard InChI is InChI=1S/C29H29NO5/c1-5-16-35-23-14-10-21(11-15-23)27(31)25-26(20-8-12-22(34-4)13-9-20)30(29(33)28(25)32)24-17-18(2)6-7-19(24)3/h6-15,17,26,31H,5,16H2,1-4H3/b27-25+. The van der Waals surface area contributed by atoms with Crippen molar-refractivity contribution in [3.05, 3.63) is 94.6 Å². The fourth-order valence-corrected chi connectivity index (χ4v) is 4.25. The lowest BCUT2D eigenvalue weighted by Crippen LogP contribution is -2.30. The monoisotopic (exact) mass is 471 g/mol. The molecule has 1 fully saturated rings. The van der Waals surface area contributed by atoms with Crippen LogP contribution in [0.15, 0.2) is 72.3 Å². The van der Waals surface area contributed by atoms with Gasteiger partial charge in [0.25, 0.3) is 11.7 Å². The Morgan fingerprint density at radius 1 is 0.943 bits per heavy atom. The molecule has 3 aromatic rings. The number of methoxy groups -OCH3 is 1. The van der Waals surface area contributed by atoms with Gasteiger partial charge >= 0.3 is 0 Å². The number of Topliss-reactive ketones (excluding diaryl/α,β-unsaturated/α-hetero) is 1. The van der Waals surface area contributed by atoms with Crippen LogP contribution in [0.25, 0.3) is 5.76 Å². The maximum Gasteiger partial charge on any atom is 0.300 e. The van der Waals surface area contributed by atoms with Gasteiger partial charge in [0, 0.05) is 11.3 Å². The fourth-order valence-electron chi connectivity index (χ4n) is 4.25. The zero-order valence-corrected chi connectivity index (χ0v) is 20.4. The zero-order chi connectivity index (χ0) is 25.1. The number of ketones is 1. The van der Waals surface area contributed by atoms with Crippen molar-refractivity contribution in [1.29, 1.82) is 0 Å². The topological polar surface area (TPSA) is 76.1 Å². The average molecular weight is 472 g/mol. The third-order valence-electron chi connectivity index (χ3n) is 6.10. The number of aryl methyl sites for hydroxylation is 2. The molecule has 1 saturated heterocycles. The van der Waals surface area contributed by atoms with Crippen LogP contribution in [0.3, 0.4) is 0 Å². The molecule has 180 valence electrons. The highest BCUT2D eigenvalue weighted by molar-refractivity contribution is 6.51. The van der Waals surface area contributed by atoms with Gasteiger partial charge < -0.3 is 14.6 Å². The summed E-state index contributed by atoms with van der Waals surface area (Å²) in [5.41, 5.74) is 3.62. The van der Waals surface area contributed by atoms with E-state index in [1.807, 2.05) is 51.1 Å². The minimum atomic E-state index is -0.794. The Morgan fingerprint density at radius 3 is 2.23 bits per heavy atom. The summed E-state index contributed by atoms with van der Waals surface area (Å²) in [6.45, 7) is 6.44. The molecule has 0 spiro atoms. The van der Waals surface area contributed by atoms with Gasteiger partial charge in [-0.15, -0.1) is 0 Å². The Balaban J connectivity index is 1.87. The van der Waals surface area contributed by atoms with Crippen molar-refractivity contribution in [3.8, 4) is 11.5 Å². The van der Waals surface area contributed by atoms with Crippen molar-refractivity contribution < 1.29 is 24.2 Å². The molecule has 1 aliphatic rings. The number of ether oxygens (including phenoxy) is 2. The van der Waals surface area contributed by atoms with Crippen LogP contribution in [0.4, 0.5) is 5.69 Å². The average Bonchev–Trinajstić information content (AvgIpc) is 3.14. The first-order valence-corrected chi connectivity index (χ1v) is 11.6. The van der Waals surface area contributed by atoms with Crippen LogP contribution in [0.2, 0.25) is 0 Å². The SMILES string of the molecule is CCCOc1ccc(/C(O)=C2\C(=O)C(=O)N(c3cc(C)ccc3C)C2c2ccc(OC)cc2)cc1. The van der Waals surface area contributed by atoms with Crippen molar-refractivity contribution >= 4 is 23.1 Å². The van der Waals surface area contributed by atoms with Crippen molar-refractivity contribution in [2.24, 2.45) is 0 Å². The number of hydrogen-bond acceptors (Lipinski definition) is 5. The molecule has 1 N–H and O–H groups in total. The third kappa shape index (κ3) is 4.64. The van der Waals surface area contributed by atoms with E-state index in [4.69, 9.17) is 9.47 Å². The molecular formula is C29H29NO5. The van der Waals surface area contributed by atoms with Crippen LogP contribution >= 0.6 is 0 Å². The smallest absolute Gasteiger partial charge is 0.300 e. The van der Waals surface area contributed by atoms with Crippen LogP contribution in [0, 0.1) is 13.8 Å². The molecule has 0 aromatic heterocycles. The van der Waals surface area contributed by atoms with E-state index in [1.165, 1.54) is 4.90 Å². The number of aliphatic hydroxyl groups excluding tert-OH is 1. The van der Waals surface area contributed by atoms with Crippen molar-refractivity contribution in [3.63, 3.8) is 0 Å². The molecule has 1 amide bonds. The first-order valence-electron chi connectivity index (χ1n) is 11.6. The van der Waals surface area contributed by atoms with Gasteiger partial charge in [0.1, 0.15) is 17.3 Å². The van der Waals surface area contributed by atoms with Gasteiger partial charge in [-0.25, -0.2) is 0 Å². The van der Waals surface area contributed by atoms with E-state index in [0.29, 0.717) is 34.9 Å². The van der Waals surface area contributed by atoms with E-state index in [0.717, 1.165) is 17.5 Å². The van der Waals surface area contributed by atoms with Gasteiger partial charge in [0.05, 0.1) is 25.3 Å². The molecule has 1 unspecified atom stereocenters. The Bertz CT molecular complexity index is 1280. The minimum absolute atomic E-state index is 0.0447. The first kappa shape index (κ1) is 24.1. The number of carbonyl (C=O) groups excluding carboxylic acids is 2. The maximum atomic E-state index is 13.4. The normalized spacial score (nSPS) is 17.0. The molecule has 6 nitrogen and oxygen atoms in total. The molecule has 0 saturated carbocycles. The van der Waals surface area contributed by atoms with Crippen molar-refractivity contribution in [2.75, 3.05) is 18.6 Å². The highest BCUT2D eigenvalue weighted by atomic mass is 16.5. The number of rotatable bonds is 7. The highest BCUT2D eigenvalue weighted by Crippen LogP contribution is 2.43. The van der Waals surface area contributed by atoms with Crippen LogP contribution in [0.1, 0.15) is 41.6 Å². The molecule has 1 atom stereocenters. The molecule has 35 heavy (non-hydrogen) atoms. The predicted octanol–water partition coefficient (Wildman–Crippen LogP) is 5.73. The molecule has 6 heteroatoms. The summed E-state index contributed by atoms with van der Waals surface area (Å²) in [5.74, 6) is -0.301. The Labute approximate surface area is 205 Å². The third-order valence-corrected chi connectivity index (χ3v) is 6.10. The quantitative estimate of drug-likeness (QED) is 0.271. The zero-order valence-electron chi connectivity index (χ0n) is 20.4. The van der Waals surface area contributed by atoms with Crippen LogP contribution < -0.4 is 14.4 Å². The second kappa shape index (κ2) is 10.1. The lowest BCUT2D eigenvalue weighted by atomic mass is 9.94. The largest absolute Gasteiger partial charge is 0.507 e. The lowest BCUT2D eigenvalue weighted by Gasteiger charge is -2.27. The first-order chi connectivity index (χ1) is 16.8. The van der Waals surface area contributed by atoms with E-state index in [1.54, 1.807) is 43.5 Å². The van der Waals surface area contributed by atoms with E-state index < -0.39 is 17.7 Å². The Morgan fingerprint density at radius 2 is 1.60 bits per heavy atom. The summed E-state index contributed by atoms with van der Waals surface area (Å²) in [6.07, 6.45) is 0.880. The number of nitrogens with zero attached hydrogens (tertiary/aromatic N) is 1. The van der Waals surface area contributed by atoms with E-state index in [-0.39, 0.29) is 11.3 Å². The van der Waals surface area contributed by atoms with Gasteiger partial charge in [0.2, 0.25) is 0 Å². The van der Waals surface area contributed by atoms with Gasteiger partial charge in [-0.3, -0.25) is 14.5 Å². The van der Waals surface area contributed by atoms with Crippen molar-refractivity contribution in [1.82, 2.24) is 0 Å². The predicted molar refractivity (Wildman–Crippen MR) is 136 cm³/mol. The van der Waals surface area contributed by atoms with Gasteiger partial charge in [-0.05, 0) is 79.4 Å². The Hall–Kier alpha value is -4.06. The van der Waals surface area contributed by atoms with E-state index in [9.17, 15) is 14.7 Å². The van der Waals surface area contributed by atoms with Crippen LogP contribution in [0.5, 0.6) is 11.5 Å². The maximum absolute atomic E-state index is 13.4. The molecular weight excluding hydrogens is 442 g/mol. The van der Waals surface area contributed by atoms with Crippen LogP contribution in [-0.4, -0.2) is 30.5 Å².